The van der Waals surface area contributed by atoms with E-state index in [1.807, 2.05) is 12.1 Å². The first-order valence-electron chi connectivity index (χ1n) is 7.58. The van der Waals surface area contributed by atoms with Gasteiger partial charge >= 0.3 is 5.69 Å². The second kappa shape index (κ2) is 5.46. The predicted octanol–water partition coefficient (Wildman–Crippen LogP) is 2.65. The number of aromatic nitrogens is 4. The molecule has 0 radical (unpaired) electrons. The Labute approximate surface area is 132 Å². The molecule has 23 heavy (non-hydrogen) atoms. The third-order valence-corrected chi connectivity index (χ3v) is 3.99. The fraction of sp³-hybridized carbons (Fsp3) is 0.235. The fourth-order valence-corrected chi connectivity index (χ4v) is 2.58. The molecule has 1 aliphatic rings. The number of pyridine rings is 1. The summed E-state index contributed by atoms with van der Waals surface area (Å²) in [6, 6.07) is 9.48. The van der Waals surface area contributed by atoms with Crippen molar-refractivity contribution in [3.8, 4) is 17.1 Å². The molecule has 0 aliphatic heterocycles. The van der Waals surface area contributed by atoms with E-state index >= 15 is 0 Å². The van der Waals surface area contributed by atoms with Gasteiger partial charge in [0.25, 0.3) is 0 Å². The second-order valence-corrected chi connectivity index (χ2v) is 5.78. The highest BCUT2D eigenvalue weighted by molar-refractivity contribution is 5.57. The van der Waals surface area contributed by atoms with E-state index in [4.69, 9.17) is 0 Å². The van der Waals surface area contributed by atoms with Gasteiger partial charge in [0.15, 0.2) is 5.82 Å². The van der Waals surface area contributed by atoms with Crippen LogP contribution < -0.4 is 5.69 Å². The van der Waals surface area contributed by atoms with E-state index < -0.39 is 0 Å². The fourth-order valence-electron chi connectivity index (χ4n) is 2.58. The molecule has 0 saturated heterocycles. The van der Waals surface area contributed by atoms with Crippen molar-refractivity contribution in [2.75, 3.05) is 0 Å². The quantitative estimate of drug-likeness (QED) is 0.744. The van der Waals surface area contributed by atoms with Crippen molar-refractivity contribution in [2.45, 2.75) is 19.4 Å². The molecular weight excluding hydrogens is 295 g/mol. The summed E-state index contributed by atoms with van der Waals surface area (Å²) >= 11 is 0. The van der Waals surface area contributed by atoms with Crippen molar-refractivity contribution in [3.63, 3.8) is 0 Å². The molecule has 1 aromatic carbocycles. The normalized spacial score (nSPS) is 14.1. The van der Waals surface area contributed by atoms with Crippen molar-refractivity contribution >= 4 is 0 Å². The van der Waals surface area contributed by atoms with Crippen LogP contribution in [0, 0.1) is 11.7 Å². The molecule has 0 amide bonds. The molecule has 0 N–H and O–H groups in total. The lowest BCUT2D eigenvalue weighted by Crippen LogP contribution is -2.24. The summed E-state index contributed by atoms with van der Waals surface area (Å²) in [6.07, 6.45) is 5.60. The maximum absolute atomic E-state index is 13.2. The van der Waals surface area contributed by atoms with E-state index in [1.54, 1.807) is 24.5 Å². The first-order valence-corrected chi connectivity index (χ1v) is 7.58. The van der Waals surface area contributed by atoms with E-state index in [0.29, 0.717) is 24.0 Å². The number of hydrogen-bond acceptors (Lipinski definition) is 3. The van der Waals surface area contributed by atoms with Gasteiger partial charge in [-0.1, -0.05) is 0 Å². The summed E-state index contributed by atoms with van der Waals surface area (Å²) in [4.78, 5) is 16.8. The number of benzene rings is 1. The maximum Gasteiger partial charge on any atom is 0.350 e. The first-order chi connectivity index (χ1) is 11.2. The Morgan fingerprint density at radius 1 is 1.09 bits per heavy atom. The molecular formula is C17H15FN4O. The van der Waals surface area contributed by atoms with Crippen molar-refractivity contribution in [1.29, 1.82) is 0 Å². The van der Waals surface area contributed by atoms with Gasteiger partial charge in [0.2, 0.25) is 0 Å². The van der Waals surface area contributed by atoms with Crippen molar-refractivity contribution in [2.24, 2.45) is 5.92 Å². The molecule has 0 spiro atoms. The zero-order chi connectivity index (χ0) is 15.8. The molecule has 0 atom stereocenters. The third-order valence-electron chi connectivity index (χ3n) is 3.99. The largest absolute Gasteiger partial charge is 0.350 e. The number of halogens is 1. The van der Waals surface area contributed by atoms with Gasteiger partial charge in [-0.25, -0.2) is 18.4 Å². The Morgan fingerprint density at radius 3 is 2.43 bits per heavy atom. The van der Waals surface area contributed by atoms with E-state index in [-0.39, 0.29) is 11.5 Å². The minimum absolute atomic E-state index is 0.199. The van der Waals surface area contributed by atoms with Crippen LogP contribution in [-0.2, 0) is 6.54 Å². The monoisotopic (exact) mass is 310 g/mol. The molecule has 116 valence electrons. The Morgan fingerprint density at radius 2 is 1.78 bits per heavy atom. The molecule has 4 rings (SSSR count). The molecule has 6 heteroatoms. The van der Waals surface area contributed by atoms with E-state index in [9.17, 15) is 9.18 Å². The molecule has 1 aliphatic carbocycles. The van der Waals surface area contributed by atoms with Gasteiger partial charge in [0, 0.05) is 24.5 Å². The highest BCUT2D eigenvalue weighted by Gasteiger charge is 2.25. The topological polar surface area (TPSA) is 52.7 Å². The minimum Gasteiger partial charge on any atom is -0.265 e. The van der Waals surface area contributed by atoms with Crippen LogP contribution in [0.15, 0.2) is 53.6 Å². The van der Waals surface area contributed by atoms with E-state index in [2.05, 4.69) is 10.1 Å². The SMILES string of the molecule is O=c1n(CC2CC2)nc(-c2ccncc2)n1-c1ccc(F)cc1. The molecule has 0 bridgehead atoms. The highest BCUT2D eigenvalue weighted by atomic mass is 19.1. The minimum atomic E-state index is -0.336. The van der Waals surface area contributed by atoms with Gasteiger partial charge in [0.1, 0.15) is 5.82 Å². The van der Waals surface area contributed by atoms with Gasteiger partial charge in [-0.15, -0.1) is 5.10 Å². The van der Waals surface area contributed by atoms with Crippen LogP contribution in [-0.4, -0.2) is 19.3 Å². The van der Waals surface area contributed by atoms with E-state index in [1.165, 1.54) is 21.4 Å². The molecule has 5 nitrogen and oxygen atoms in total. The Hall–Kier alpha value is -2.76. The van der Waals surface area contributed by atoms with Crippen LogP contribution in [0.5, 0.6) is 0 Å². The molecule has 2 aromatic heterocycles. The lowest BCUT2D eigenvalue weighted by molar-refractivity contribution is 0.543. The van der Waals surface area contributed by atoms with Gasteiger partial charge in [0.05, 0.1) is 5.69 Å². The van der Waals surface area contributed by atoms with Crippen molar-refractivity contribution < 1.29 is 4.39 Å². The van der Waals surface area contributed by atoms with Crippen LogP contribution in [0.3, 0.4) is 0 Å². The zero-order valence-corrected chi connectivity index (χ0v) is 12.4. The van der Waals surface area contributed by atoms with Crippen molar-refractivity contribution in [3.05, 3.63) is 65.1 Å². The summed E-state index contributed by atoms with van der Waals surface area (Å²) in [5.41, 5.74) is 1.21. The second-order valence-electron chi connectivity index (χ2n) is 5.78. The molecule has 2 heterocycles. The Balaban J connectivity index is 1.89. The smallest absolute Gasteiger partial charge is 0.265 e. The van der Waals surface area contributed by atoms with Gasteiger partial charge < -0.3 is 0 Å². The van der Waals surface area contributed by atoms with Gasteiger partial charge in [-0.05, 0) is 55.2 Å². The summed E-state index contributed by atoms with van der Waals surface area (Å²) in [6.45, 7) is 0.630. The molecule has 0 unspecified atom stereocenters. The Bertz CT molecular complexity index is 879. The molecule has 1 saturated carbocycles. The first kappa shape index (κ1) is 13.9. The molecule has 1 fully saturated rings. The van der Waals surface area contributed by atoms with E-state index in [0.717, 1.165) is 18.4 Å². The van der Waals surface area contributed by atoms with Gasteiger partial charge in [-0.3, -0.25) is 4.98 Å². The predicted molar refractivity (Wildman–Crippen MR) is 83.7 cm³/mol. The van der Waals surface area contributed by atoms with Crippen molar-refractivity contribution in [1.82, 2.24) is 19.3 Å². The van der Waals surface area contributed by atoms with Crippen LogP contribution in [0.1, 0.15) is 12.8 Å². The lowest BCUT2D eigenvalue weighted by atomic mass is 10.2. The highest BCUT2D eigenvalue weighted by Crippen LogP contribution is 2.30. The Kier molecular flexibility index (Phi) is 3.29. The number of nitrogens with zero attached hydrogens (tertiary/aromatic N) is 4. The number of rotatable bonds is 4. The average molecular weight is 310 g/mol. The zero-order valence-electron chi connectivity index (χ0n) is 12.4. The third kappa shape index (κ3) is 2.67. The van der Waals surface area contributed by atoms with Crippen LogP contribution in [0.25, 0.3) is 17.1 Å². The summed E-state index contributed by atoms with van der Waals surface area (Å²) in [7, 11) is 0. The molecule has 3 aromatic rings. The maximum atomic E-state index is 13.2. The van der Waals surface area contributed by atoms with Crippen LogP contribution in [0.2, 0.25) is 0 Å². The summed E-state index contributed by atoms with van der Waals surface area (Å²) in [5, 5.41) is 4.50. The van der Waals surface area contributed by atoms with Crippen LogP contribution in [0.4, 0.5) is 4.39 Å². The summed E-state index contributed by atoms with van der Waals surface area (Å²) in [5.74, 6) is 0.747. The average Bonchev–Trinajstić information content (AvgIpc) is 3.33. The number of hydrogen-bond donors (Lipinski definition) is 0. The summed E-state index contributed by atoms with van der Waals surface area (Å²) < 4.78 is 16.2. The lowest BCUT2D eigenvalue weighted by Gasteiger charge is -2.05. The van der Waals surface area contributed by atoms with Crippen LogP contribution >= 0.6 is 0 Å². The standard InChI is InChI=1S/C17H15FN4O/c18-14-3-5-15(6-4-14)22-16(13-7-9-19-10-8-13)20-21(17(22)23)11-12-1-2-12/h3-10,12H,1-2,11H2. The van der Waals surface area contributed by atoms with Gasteiger partial charge in [-0.2, -0.15) is 0 Å².